The fraction of sp³-hybridized carbons (Fsp3) is 0.571. The standard InChI is InChI=1S/C14H20FNO/c1-11-7-12(9-13(15)8-11)10-16-5-3-14(17-2)4-6-16/h7-9,14H,3-6,10H2,1-2H3. The van der Waals surface area contributed by atoms with Crippen LogP contribution in [0.5, 0.6) is 0 Å². The van der Waals surface area contributed by atoms with Crippen molar-refractivity contribution in [2.45, 2.75) is 32.4 Å². The molecule has 0 spiro atoms. The molecule has 0 aromatic heterocycles. The molecule has 0 atom stereocenters. The van der Waals surface area contributed by atoms with E-state index < -0.39 is 0 Å². The molecular weight excluding hydrogens is 217 g/mol. The molecule has 0 saturated carbocycles. The van der Waals surface area contributed by atoms with Crippen molar-refractivity contribution in [2.24, 2.45) is 0 Å². The summed E-state index contributed by atoms with van der Waals surface area (Å²) in [4.78, 5) is 2.36. The van der Waals surface area contributed by atoms with Crippen LogP contribution >= 0.6 is 0 Å². The lowest BCUT2D eigenvalue weighted by atomic mass is 10.1. The number of rotatable bonds is 3. The predicted octanol–water partition coefficient (Wildman–Crippen LogP) is 2.74. The predicted molar refractivity (Wildman–Crippen MR) is 66.4 cm³/mol. The van der Waals surface area contributed by atoms with Crippen LogP contribution in [0.4, 0.5) is 4.39 Å². The molecule has 0 unspecified atom stereocenters. The van der Waals surface area contributed by atoms with Crippen LogP contribution < -0.4 is 0 Å². The summed E-state index contributed by atoms with van der Waals surface area (Å²) in [7, 11) is 1.77. The average Bonchev–Trinajstić information content (AvgIpc) is 2.28. The van der Waals surface area contributed by atoms with Gasteiger partial charge in [0.05, 0.1) is 6.10 Å². The molecule has 1 saturated heterocycles. The number of likely N-dealkylation sites (tertiary alicyclic amines) is 1. The molecule has 94 valence electrons. The van der Waals surface area contributed by atoms with E-state index in [2.05, 4.69) is 11.0 Å². The highest BCUT2D eigenvalue weighted by Crippen LogP contribution is 2.17. The molecular formula is C14H20FNO. The minimum Gasteiger partial charge on any atom is -0.381 e. The van der Waals surface area contributed by atoms with Gasteiger partial charge in [0.1, 0.15) is 5.82 Å². The lowest BCUT2D eigenvalue weighted by molar-refractivity contribution is 0.0388. The Morgan fingerprint density at radius 2 is 2.00 bits per heavy atom. The third-order valence-electron chi connectivity index (χ3n) is 3.38. The Morgan fingerprint density at radius 3 is 2.59 bits per heavy atom. The number of halogens is 1. The Labute approximate surface area is 102 Å². The molecule has 1 aliphatic heterocycles. The van der Waals surface area contributed by atoms with E-state index in [1.165, 1.54) is 0 Å². The minimum absolute atomic E-state index is 0.133. The highest BCUT2D eigenvalue weighted by molar-refractivity contribution is 5.23. The molecule has 0 aliphatic carbocycles. The summed E-state index contributed by atoms with van der Waals surface area (Å²) in [6, 6.07) is 5.27. The van der Waals surface area contributed by atoms with E-state index in [9.17, 15) is 4.39 Å². The average molecular weight is 237 g/mol. The second-order valence-corrected chi connectivity index (χ2v) is 4.85. The Morgan fingerprint density at radius 1 is 1.29 bits per heavy atom. The zero-order chi connectivity index (χ0) is 12.3. The van der Waals surface area contributed by atoms with Crippen molar-refractivity contribution in [3.63, 3.8) is 0 Å². The van der Waals surface area contributed by atoms with Crippen LogP contribution in [0.25, 0.3) is 0 Å². The molecule has 17 heavy (non-hydrogen) atoms. The van der Waals surface area contributed by atoms with Crippen LogP contribution in [0.15, 0.2) is 18.2 Å². The number of benzene rings is 1. The van der Waals surface area contributed by atoms with Crippen molar-refractivity contribution in [2.75, 3.05) is 20.2 Å². The maximum atomic E-state index is 13.3. The van der Waals surface area contributed by atoms with Gasteiger partial charge in [-0.15, -0.1) is 0 Å². The van der Waals surface area contributed by atoms with Gasteiger partial charge in [-0.2, -0.15) is 0 Å². The first-order valence-corrected chi connectivity index (χ1v) is 6.18. The number of ether oxygens (including phenoxy) is 1. The van der Waals surface area contributed by atoms with Crippen molar-refractivity contribution in [1.82, 2.24) is 4.90 Å². The molecule has 0 amide bonds. The molecule has 0 N–H and O–H groups in total. The number of nitrogens with zero attached hydrogens (tertiary/aromatic N) is 1. The van der Waals surface area contributed by atoms with Crippen LogP contribution in [0.2, 0.25) is 0 Å². The number of methoxy groups -OCH3 is 1. The lowest BCUT2D eigenvalue weighted by Crippen LogP contribution is -2.36. The van der Waals surface area contributed by atoms with Crippen LogP contribution in [0.1, 0.15) is 24.0 Å². The van der Waals surface area contributed by atoms with E-state index in [0.717, 1.165) is 43.6 Å². The lowest BCUT2D eigenvalue weighted by Gasteiger charge is -2.31. The summed E-state index contributed by atoms with van der Waals surface area (Å²) < 4.78 is 18.6. The molecule has 0 radical (unpaired) electrons. The van der Waals surface area contributed by atoms with Crippen LogP contribution in [0.3, 0.4) is 0 Å². The van der Waals surface area contributed by atoms with Crippen molar-refractivity contribution < 1.29 is 9.13 Å². The van der Waals surface area contributed by atoms with E-state index >= 15 is 0 Å². The third-order valence-corrected chi connectivity index (χ3v) is 3.38. The Kier molecular flexibility index (Phi) is 4.13. The second kappa shape index (κ2) is 5.61. The molecule has 2 rings (SSSR count). The minimum atomic E-state index is -0.133. The molecule has 2 nitrogen and oxygen atoms in total. The van der Waals surface area contributed by atoms with Gasteiger partial charge in [0.25, 0.3) is 0 Å². The topological polar surface area (TPSA) is 12.5 Å². The van der Waals surface area contributed by atoms with Gasteiger partial charge in [-0.1, -0.05) is 6.07 Å². The van der Waals surface area contributed by atoms with E-state index in [1.54, 1.807) is 19.2 Å². The largest absolute Gasteiger partial charge is 0.381 e. The van der Waals surface area contributed by atoms with E-state index in [-0.39, 0.29) is 5.82 Å². The second-order valence-electron chi connectivity index (χ2n) is 4.85. The Hall–Kier alpha value is -0.930. The highest BCUT2D eigenvalue weighted by atomic mass is 19.1. The summed E-state index contributed by atoms with van der Waals surface area (Å²) in [5, 5.41) is 0. The first-order chi connectivity index (χ1) is 8.17. The SMILES string of the molecule is COC1CCN(Cc2cc(C)cc(F)c2)CC1. The Balaban J connectivity index is 1.93. The number of hydrogen-bond acceptors (Lipinski definition) is 2. The highest BCUT2D eigenvalue weighted by Gasteiger charge is 2.18. The molecule has 0 bridgehead atoms. The number of piperidine rings is 1. The normalized spacial score (nSPS) is 18.5. The van der Waals surface area contributed by atoms with E-state index in [4.69, 9.17) is 4.74 Å². The van der Waals surface area contributed by atoms with E-state index in [0.29, 0.717) is 6.10 Å². The summed E-state index contributed by atoms with van der Waals surface area (Å²) in [6.45, 7) is 4.85. The molecule has 1 fully saturated rings. The number of hydrogen-bond donors (Lipinski definition) is 0. The smallest absolute Gasteiger partial charge is 0.123 e. The zero-order valence-corrected chi connectivity index (χ0v) is 10.6. The van der Waals surface area contributed by atoms with Crippen LogP contribution in [-0.2, 0) is 11.3 Å². The molecule has 1 aromatic rings. The van der Waals surface area contributed by atoms with Gasteiger partial charge >= 0.3 is 0 Å². The summed E-state index contributed by atoms with van der Waals surface area (Å²) >= 11 is 0. The zero-order valence-electron chi connectivity index (χ0n) is 10.6. The van der Waals surface area contributed by atoms with E-state index in [1.807, 2.05) is 6.92 Å². The van der Waals surface area contributed by atoms with Gasteiger partial charge < -0.3 is 4.74 Å². The maximum Gasteiger partial charge on any atom is 0.123 e. The van der Waals surface area contributed by atoms with Gasteiger partial charge in [-0.3, -0.25) is 4.90 Å². The molecule has 1 heterocycles. The first kappa shape index (κ1) is 12.5. The van der Waals surface area contributed by atoms with Gasteiger partial charge in [0.15, 0.2) is 0 Å². The fourth-order valence-corrected chi connectivity index (χ4v) is 2.46. The molecule has 1 aromatic carbocycles. The molecule has 1 aliphatic rings. The first-order valence-electron chi connectivity index (χ1n) is 6.18. The van der Waals surface area contributed by atoms with Crippen LogP contribution in [-0.4, -0.2) is 31.2 Å². The summed E-state index contributed by atoms with van der Waals surface area (Å²) in [5.41, 5.74) is 2.06. The van der Waals surface area contributed by atoms with Crippen LogP contribution in [0, 0.1) is 12.7 Å². The number of aryl methyl sites for hydroxylation is 1. The van der Waals surface area contributed by atoms with Gasteiger partial charge in [0.2, 0.25) is 0 Å². The van der Waals surface area contributed by atoms with Crippen molar-refractivity contribution in [3.8, 4) is 0 Å². The van der Waals surface area contributed by atoms with Gasteiger partial charge in [-0.25, -0.2) is 4.39 Å². The fourth-order valence-electron chi connectivity index (χ4n) is 2.46. The van der Waals surface area contributed by atoms with Gasteiger partial charge in [-0.05, 0) is 43.0 Å². The van der Waals surface area contributed by atoms with Crippen molar-refractivity contribution >= 4 is 0 Å². The van der Waals surface area contributed by atoms with Crippen molar-refractivity contribution in [3.05, 3.63) is 35.1 Å². The Bertz CT molecular complexity index is 352. The van der Waals surface area contributed by atoms with Gasteiger partial charge in [0, 0.05) is 26.7 Å². The van der Waals surface area contributed by atoms with Crippen molar-refractivity contribution in [1.29, 1.82) is 0 Å². The third kappa shape index (κ3) is 3.51. The quantitative estimate of drug-likeness (QED) is 0.801. The summed E-state index contributed by atoms with van der Waals surface area (Å²) in [6.07, 6.45) is 2.55. The maximum absolute atomic E-state index is 13.3. The molecule has 3 heteroatoms. The summed E-state index contributed by atoms with van der Waals surface area (Å²) in [5.74, 6) is -0.133. The monoisotopic (exact) mass is 237 g/mol.